The first-order valence-corrected chi connectivity index (χ1v) is 18.6. The van der Waals surface area contributed by atoms with Crippen LogP contribution < -0.4 is 7.42 Å². The normalized spacial score (nSPS) is 23.3. The predicted molar refractivity (Wildman–Crippen MR) is 167 cm³/mol. The van der Waals surface area contributed by atoms with E-state index in [4.69, 9.17) is 15.0 Å². The van der Waals surface area contributed by atoms with Crippen LogP contribution in [0.2, 0.25) is 0 Å². The largest absolute Gasteiger partial charge is 0.251 e. The Morgan fingerprint density at radius 3 is 0.973 bits per heavy atom. The lowest BCUT2D eigenvalue weighted by Crippen LogP contribution is -2.25. The van der Waals surface area contributed by atoms with E-state index in [0.29, 0.717) is 21.0 Å². The van der Waals surface area contributed by atoms with E-state index in [1.54, 1.807) is 0 Å². The summed E-state index contributed by atoms with van der Waals surface area (Å²) in [6, 6.07) is 0. The molecule has 4 fully saturated rings. The van der Waals surface area contributed by atoms with Crippen molar-refractivity contribution < 1.29 is 0 Å². The topological polar surface area (TPSA) is 45.2 Å². The maximum atomic E-state index is 5.24. The summed E-state index contributed by atoms with van der Waals surface area (Å²) < 4.78 is 4.86. The average molecular weight is 582 g/mol. The van der Waals surface area contributed by atoms with Gasteiger partial charge in [0.15, 0.2) is 0 Å². The van der Waals surface area contributed by atoms with Crippen molar-refractivity contribution in [2.45, 2.75) is 156 Å². The molecule has 0 saturated heterocycles. The maximum Gasteiger partial charge on any atom is 0.251 e. The molecule has 0 amide bonds. The number of hydrogen-bond acceptors (Lipinski definition) is 9. The Labute approximate surface area is 243 Å². The van der Waals surface area contributed by atoms with Gasteiger partial charge >= 0.3 is 0 Å². The van der Waals surface area contributed by atoms with Crippen LogP contribution in [0.1, 0.15) is 134 Å². The highest BCUT2D eigenvalue weighted by molar-refractivity contribution is 8.19. The first kappa shape index (κ1) is 28.5. The predicted octanol–water partition coefficient (Wildman–Crippen LogP) is 9.72. The molecule has 37 heavy (non-hydrogen) atoms. The molecule has 4 saturated carbocycles. The van der Waals surface area contributed by atoms with Gasteiger partial charge in [-0.1, -0.05) is 77.0 Å². The lowest BCUT2D eigenvalue weighted by molar-refractivity contribution is 0.514. The molecule has 0 N–H and O–H groups in total. The van der Waals surface area contributed by atoms with Gasteiger partial charge in [0.1, 0.15) is 5.82 Å². The van der Waals surface area contributed by atoms with Crippen molar-refractivity contribution in [1.29, 1.82) is 0 Å². The Balaban J connectivity index is 1.37. The standard InChI is InChI=1S/C28H47N5S4/c1-22-29-27(32(34-23-14-6-2-7-15-23)35-24-16-8-3-9-17-24)31-28(30-22)33(36-25-18-10-4-11-19-25)37-26-20-12-5-13-21-26/h23-26H,2-21H2,1H3. The molecule has 1 heterocycles. The van der Waals surface area contributed by atoms with Gasteiger partial charge in [0.05, 0.1) is 0 Å². The highest BCUT2D eigenvalue weighted by Crippen LogP contribution is 2.44. The average Bonchev–Trinajstić information content (AvgIpc) is 2.94. The highest BCUT2D eigenvalue weighted by atomic mass is 32.2. The van der Waals surface area contributed by atoms with Crippen LogP contribution in [0, 0.1) is 6.92 Å². The zero-order valence-corrected chi connectivity index (χ0v) is 26.1. The smallest absolute Gasteiger partial charge is 0.224 e. The van der Waals surface area contributed by atoms with E-state index in [-0.39, 0.29) is 0 Å². The van der Waals surface area contributed by atoms with Crippen LogP contribution in [-0.4, -0.2) is 36.0 Å². The molecule has 4 aliphatic rings. The third kappa shape index (κ3) is 9.01. The van der Waals surface area contributed by atoms with Crippen molar-refractivity contribution in [2.24, 2.45) is 0 Å². The minimum Gasteiger partial charge on any atom is -0.224 e. The number of aromatic nitrogens is 3. The van der Waals surface area contributed by atoms with Crippen molar-refractivity contribution in [2.75, 3.05) is 7.42 Å². The highest BCUT2D eigenvalue weighted by Gasteiger charge is 2.29. The molecule has 0 spiro atoms. The van der Waals surface area contributed by atoms with Crippen molar-refractivity contribution >= 4 is 59.7 Å². The summed E-state index contributed by atoms with van der Waals surface area (Å²) in [5.41, 5.74) is 0. The second-order valence-electron chi connectivity index (χ2n) is 11.5. The van der Waals surface area contributed by atoms with Crippen LogP contribution in [-0.2, 0) is 0 Å². The molecular formula is C28H47N5S4. The van der Waals surface area contributed by atoms with Crippen LogP contribution in [0.3, 0.4) is 0 Å². The fourth-order valence-electron chi connectivity index (χ4n) is 6.08. The monoisotopic (exact) mass is 581 g/mol. The Bertz CT molecular complexity index is 704. The number of aryl methyl sites for hydroxylation is 1. The molecule has 0 aromatic carbocycles. The number of anilines is 2. The van der Waals surface area contributed by atoms with Crippen molar-refractivity contribution in [1.82, 2.24) is 15.0 Å². The molecule has 1 aromatic rings. The third-order valence-electron chi connectivity index (χ3n) is 8.24. The van der Waals surface area contributed by atoms with E-state index in [0.717, 1.165) is 17.7 Å². The summed E-state index contributed by atoms with van der Waals surface area (Å²) >= 11 is 8.10. The second-order valence-corrected chi connectivity index (χ2v) is 16.9. The first-order valence-electron chi connectivity index (χ1n) is 15.2. The van der Waals surface area contributed by atoms with Gasteiger partial charge in [0, 0.05) is 21.0 Å². The fourth-order valence-corrected chi connectivity index (χ4v) is 11.9. The van der Waals surface area contributed by atoms with Gasteiger partial charge in [0.25, 0.3) is 11.9 Å². The molecule has 9 heteroatoms. The summed E-state index contributed by atoms with van der Waals surface area (Å²) in [6.45, 7) is 2.07. The van der Waals surface area contributed by atoms with Crippen LogP contribution in [0.15, 0.2) is 0 Å². The summed E-state index contributed by atoms with van der Waals surface area (Å²) in [6.07, 6.45) is 27.1. The quantitative estimate of drug-likeness (QED) is 0.251. The van der Waals surface area contributed by atoms with Gasteiger partial charge in [-0.3, -0.25) is 0 Å². The second kappa shape index (κ2) is 15.1. The third-order valence-corrected chi connectivity index (χ3v) is 13.8. The summed E-state index contributed by atoms with van der Waals surface area (Å²) in [7, 11) is 0. The van der Waals surface area contributed by atoms with E-state index < -0.39 is 0 Å². The van der Waals surface area contributed by atoms with E-state index in [1.165, 1.54) is 128 Å². The molecule has 208 valence electrons. The number of hydrogen-bond donors (Lipinski definition) is 0. The molecule has 1 aromatic heterocycles. The zero-order valence-electron chi connectivity index (χ0n) is 22.8. The molecule has 0 bridgehead atoms. The molecule has 0 unspecified atom stereocenters. The van der Waals surface area contributed by atoms with E-state index >= 15 is 0 Å². The lowest BCUT2D eigenvalue weighted by atomic mass is 10.0. The Hall–Kier alpha value is 0.01000. The SMILES string of the molecule is Cc1nc(N(SC2CCCCC2)SC2CCCCC2)nc(N(SC2CCCCC2)SC2CCCCC2)n1. The fraction of sp³-hybridized carbons (Fsp3) is 0.893. The summed E-state index contributed by atoms with van der Waals surface area (Å²) in [5.74, 6) is 2.62. The molecule has 5 nitrogen and oxygen atoms in total. The van der Waals surface area contributed by atoms with Gasteiger partial charge in [-0.2, -0.15) is 15.0 Å². The number of nitrogens with zero attached hydrogens (tertiary/aromatic N) is 5. The van der Waals surface area contributed by atoms with E-state index in [9.17, 15) is 0 Å². The molecule has 0 radical (unpaired) electrons. The molecule has 5 rings (SSSR count). The van der Waals surface area contributed by atoms with Crippen molar-refractivity contribution in [3.8, 4) is 0 Å². The van der Waals surface area contributed by atoms with E-state index in [1.807, 2.05) is 47.8 Å². The van der Waals surface area contributed by atoms with Gasteiger partial charge in [-0.25, -0.2) is 7.42 Å². The van der Waals surface area contributed by atoms with Crippen LogP contribution >= 0.6 is 47.8 Å². The minimum atomic E-state index is 0.690. The van der Waals surface area contributed by atoms with Gasteiger partial charge in [-0.05, 0) is 106 Å². The number of rotatable bonds is 10. The van der Waals surface area contributed by atoms with Gasteiger partial charge in [0.2, 0.25) is 0 Å². The van der Waals surface area contributed by atoms with E-state index in [2.05, 4.69) is 14.3 Å². The molecular weight excluding hydrogens is 535 g/mol. The zero-order chi connectivity index (χ0) is 25.3. The van der Waals surface area contributed by atoms with Crippen LogP contribution in [0.5, 0.6) is 0 Å². The molecule has 0 aliphatic heterocycles. The lowest BCUT2D eigenvalue weighted by Gasteiger charge is -2.33. The minimum absolute atomic E-state index is 0.690. The van der Waals surface area contributed by atoms with Crippen LogP contribution in [0.25, 0.3) is 0 Å². The van der Waals surface area contributed by atoms with Crippen molar-refractivity contribution in [3.05, 3.63) is 5.82 Å². The van der Waals surface area contributed by atoms with Gasteiger partial charge in [-0.15, -0.1) is 0 Å². The van der Waals surface area contributed by atoms with Crippen LogP contribution in [0.4, 0.5) is 11.9 Å². The summed E-state index contributed by atoms with van der Waals surface area (Å²) in [5, 5.41) is 2.76. The molecule has 0 atom stereocenters. The Morgan fingerprint density at radius 2 is 0.703 bits per heavy atom. The summed E-state index contributed by atoms with van der Waals surface area (Å²) in [4.78, 5) is 15.2. The first-order chi connectivity index (χ1) is 18.2. The Morgan fingerprint density at radius 1 is 0.432 bits per heavy atom. The molecule has 4 aliphatic carbocycles. The van der Waals surface area contributed by atoms with Gasteiger partial charge < -0.3 is 0 Å². The Kier molecular flexibility index (Phi) is 11.7. The maximum absolute atomic E-state index is 5.24. The van der Waals surface area contributed by atoms with Crippen molar-refractivity contribution in [3.63, 3.8) is 0 Å².